The fourth-order valence-corrected chi connectivity index (χ4v) is 2.03. The molecule has 2 amide bonds. The Morgan fingerprint density at radius 2 is 1.86 bits per heavy atom. The van der Waals surface area contributed by atoms with Crippen molar-refractivity contribution in [3.63, 3.8) is 0 Å². The van der Waals surface area contributed by atoms with Gasteiger partial charge >= 0.3 is 0 Å². The fraction of sp³-hybridized carbons (Fsp3) is 0.125. The first kappa shape index (κ1) is 15.9. The second-order valence-electron chi connectivity index (χ2n) is 4.54. The molecule has 0 saturated carbocycles. The molecule has 0 heterocycles. The summed E-state index contributed by atoms with van der Waals surface area (Å²) in [5, 5.41) is 0.454. The Morgan fingerprint density at radius 1 is 1.09 bits per heavy atom. The molecular weight excluding hydrogens is 304 g/mol. The summed E-state index contributed by atoms with van der Waals surface area (Å²) >= 11 is 5.81. The maximum atomic E-state index is 11.8. The van der Waals surface area contributed by atoms with E-state index < -0.39 is 5.91 Å². The highest BCUT2D eigenvalue weighted by atomic mass is 35.5. The first-order chi connectivity index (χ1) is 10.6. The molecule has 2 rings (SSSR count). The van der Waals surface area contributed by atoms with E-state index in [0.717, 1.165) is 5.56 Å². The molecule has 0 bridgehead atoms. The lowest BCUT2D eigenvalue weighted by atomic mass is 10.1. The fourth-order valence-electron chi connectivity index (χ4n) is 1.84. The second kappa shape index (κ2) is 7.47. The highest BCUT2D eigenvalue weighted by molar-refractivity contribution is 6.30. The molecule has 0 saturated heterocycles. The molecule has 0 radical (unpaired) electrons. The van der Waals surface area contributed by atoms with Gasteiger partial charge in [-0.05, 0) is 35.9 Å². The van der Waals surface area contributed by atoms with E-state index in [9.17, 15) is 9.59 Å². The van der Waals surface area contributed by atoms with Crippen LogP contribution in [0.25, 0.3) is 0 Å². The number of benzene rings is 2. The van der Waals surface area contributed by atoms with Crippen molar-refractivity contribution in [3.8, 4) is 5.75 Å². The van der Waals surface area contributed by atoms with Crippen molar-refractivity contribution in [2.75, 3.05) is 7.11 Å². The Labute approximate surface area is 133 Å². The predicted molar refractivity (Wildman–Crippen MR) is 83.8 cm³/mol. The molecule has 0 aliphatic heterocycles. The van der Waals surface area contributed by atoms with Crippen molar-refractivity contribution >= 4 is 23.4 Å². The summed E-state index contributed by atoms with van der Waals surface area (Å²) in [6, 6.07) is 13.6. The number of carbonyl (C=O) groups is 2. The molecule has 114 valence electrons. The van der Waals surface area contributed by atoms with Crippen molar-refractivity contribution < 1.29 is 14.3 Å². The molecule has 6 heteroatoms. The van der Waals surface area contributed by atoms with Gasteiger partial charge < -0.3 is 4.74 Å². The van der Waals surface area contributed by atoms with E-state index in [1.54, 1.807) is 49.6 Å². The molecule has 0 spiro atoms. The first-order valence-electron chi connectivity index (χ1n) is 6.56. The number of amides is 2. The van der Waals surface area contributed by atoms with Gasteiger partial charge in [0.2, 0.25) is 5.91 Å². The standard InChI is InChI=1S/C16H15ClN2O3/c1-22-14-7-2-4-11(8-14)9-15(20)18-19-16(21)12-5-3-6-13(17)10-12/h2-8,10H,9H2,1H3,(H,18,20)(H,19,21). The van der Waals surface area contributed by atoms with Crippen molar-refractivity contribution in [2.24, 2.45) is 0 Å². The van der Waals surface area contributed by atoms with Crippen LogP contribution in [-0.2, 0) is 11.2 Å². The molecule has 2 N–H and O–H groups in total. The third-order valence-corrected chi connectivity index (χ3v) is 3.14. The van der Waals surface area contributed by atoms with Gasteiger partial charge in [0.1, 0.15) is 5.75 Å². The summed E-state index contributed by atoms with van der Waals surface area (Å²) in [7, 11) is 1.56. The van der Waals surface area contributed by atoms with Crippen molar-refractivity contribution in [1.82, 2.24) is 10.9 Å². The van der Waals surface area contributed by atoms with Gasteiger partial charge in [-0.3, -0.25) is 20.4 Å². The summed E-state index contributed by atoms with van der Waals surface area (Å²) < 4.78 is 5.09. The molecule has 2 aromatic rings. The van der Waals surface area contributed by atoms with Crippen molar-refractivity contribution in [2.45, 2.75) is 6.42 Å². The van der Waals surface area contributed by atoms with Crippen molar-refractivity contribution in [3.05, 3.63) is 64.7 Å². The van der Waals surface area contributed by atoms with Gasteiger partial charge in [-0.1, -0.05) is 29.8 Å². The van der Waals surface area contributed by atoms with Gasteiger partial charge in [-0.2, -0.15) is 0 Å². The number of hydrogen-bond donors (Lipinski definition) is 2. The number of methoxy groups -OCH3 is 1. The van der Waals surface area contributed by atoms with E-state index >= 15 is 0 Å². The Balaban J connectivity index is 1.88. The number of hydrogen-bond acceptors (Lipinski definition) is 3. The number of rotatable bonds is 4. The third kappa shape index (κ3) is 4.49. The van der Waals surface area contributed by atoms with Crippen LogP contribution in [0.1, 0.15) is 15.9 Å². The largest absolute Gasteiger partial charge is 0.497 e. The summed E-state index contributed by atoms with van der Waals surface area (Å²) in [5.41, 5.74) is 5.87. The van der Waals surface area contributed by atoms with Gasteiger partial charge in [0, 0.05) is 10.6 Å². The topological polar surface area (TPSA) is 67.4 Å². The number of hydrazine groups is 1. The SMILES string of the molecule is COc1cccc(CC(=O)NNC(=O)c2cccc(Cl)c2)c1. The molecular formula is C16H15ClN2O3. The summed E-state index contributed by atoms with van der Waals surface area (Å²) in [6.07, 6.45) is 0.132. The Morgan fingerprint density at radius 3 is 2.59 bits per heavy atom. The van der Waals surface area contributed by atoms with E-state index in [4.69, 9.17) is 16.3 Å². The number of ether oxygens (including phenoxy) is 1. The summed E-state index contributed by atoms with van der Waals surface area (Å²) in [6.45, 7) is 0. The normalized spacial score (nSPS) is 9.91. The number of nitrogens with one attached hydrogen (secondary N) is 2. The lowest BCUT2D eigenvalue weighted by Gasteiger charge is -2.08. The maximum absolute atomic E-state index is 11.8. The van der Waals surface area contributed by atoms with Gasteiger partial charge in [0.15, 0.2) is 0 Å². The van der Waals surface area contributed by atoms with E-state index in [1.165, 1.54) is 6.07 Å². The van der Waals surface area contributed by atoms with Crippen molar-refractivity contribution in [1.29, 1.82) is 0 Å². The zero-order valence-electron chi connectivity index (χ0n) is 11.9. The quantitative estimate of drug-likeness (QED) is 0.850. The van der Waals surface area contributed by atoms with E-state index in [0.29, 0.717) is 16.3 Å². The molecule has 0 aromatic heterocycles. The van der Waals surface area contributed by atoms with E-state index in [1.807, 2.05) is 0 Å². The molecule has 22 heavy (non-hydrogen) atoms. The van der Waals surface area contributed by atoms with Crippen LogP contribution in [0.4, 0.5) is 0 Å². The minimum absolute atomic E-state index is 0.132. The molecule has 0 fully saturated rings. The van der Waals surface area contributed by atoms with Gasteiger partial charge in [0.05, 0.1) is 13.5 Å². The lowest BCUT2D eigenvalue weighted by Crippen LogP contribution is -2.42. The minimum Gasteiger partial charge on any atom is -0.497 e. The highest BCUT2D eigenvalue weighted by Crippen LogP contribution is 2.13. The van der Waals surface area contributed by atoms with Crippen LogP contribution in [0.5, 0.6) is 5.75 Å². The van der Waals surface area contributed by atoms with Crippen LogP contribution in [-0.4, -0.2) is 18.9 Å². The van der Waals surface area contributed by atoms with Gasteiger partial charge in [-0.15, -0.1) is 0 Å². The summed E-state index contributed by atoms with van der Waals surface area (Å²) in [4.78, 5) is 23.7. The zero-order chi connectivity index (χ0) is 15.9. The summed E-state index contributed by atoms with van der Waals surface area (Å²) in [5.74, 6) is -0.0848. The van der Waals surface area contributed by atoms with Crippen LogP contribution in [0, 0.1) is 0 Å². The smallest absolute Gasteiger partial charge is 0.269 e. The van der Waals surface area contributed by atoms with Crippen LogP contribution < -0.4 is 15.6 Å². The highest BCUT2D eigenvalue weighted by Gasteiger charge is 2.08. The second-order valence-corrected chi connectivity index (χ2v) is 4.98. The average molecular weight is 319 g/mol. The van der Waals surface area contributed by atoms with Crippen LogP contribution >= 0.6 is 11.6 Å². The predicted octanol–water partition coefficient (Wildman–Crippen LogP) is 2.35. The first-order valence-corrected chi connectivity index (χ1v) is 6.94. The molecule has 2 aromatic carbocycles. The lowest BCUT2D eigenvalue weighted by molar-refractivity contribution is -0.121. The monoisotopic (exact) mass is 318 g/mol. The average Bonchev–Trinajstić information content (AvgIpc) is 2.52. The van der Waals surface area contributed by atoms with Gasteiger partial charge in [-0.25, -0.2) is 0 Å². The zero-order valence-corrected chi connectivity index (χ0v) is 12.7. The molecule has 0 aliphatic carbocycles. The van der Waals surface area contributed by atoms with E-state index in [2.05, 4.69) is 10.9 Å². The van der Waals surface area contributed by atoms with E-state index in [-0.39, 0.29) is 12.3 Å². The minimum atomic E-state index is -0.429. The van der Waals surface area contributed by atoms with Crippen LogP contribution in [0.2, 0.25) is 5.02 Å². The van der Waals surface area contributed by atoms with Crippen LogP contribution in [0.3, 0.4) is 0 Å². The van der Waals surface area contributed by atoms with Crippen LogP contribution in [0.15, 0.2) is 48.5 Å². The Hall–Kier alpha value is -2.53. The maximum Gasteiger partial charge on any atom is 0.269 e. The van der Waals surface area contributed by atoms with Gasteiger partial charge in [0.25, 0.3) is 5.91 Å². The Bertz CT molecular complexity index is 689. The molecule has 0 aliphatic rings. The molecule has 5 nitrogen and oxygen atoms in total. The number of carbonyl (C=O) groups excluding carboxylic acids is 2. The number of halogens is 1. The third-order valence-electron chi connectivity index (χ3n) is 2.90. The Kier molecular flexibility index (Phi) is 5.38. The molecule has 0 atom stereocenters. The molecule has 0 unspecified atom stereocenters.